The molecule has 5 nitrogen and oxygen atoms in total. The molecule has 0 aromatic heterocycles. The van der Waals surface area contributed by atoms with Gasteiger partial charge in [0.25, 0.3) is 5.91 Å². The molecule has 3 aromatic rings. The van der Waals surface area contributed by atoms with Crippen molar-refractivity contribution in [3.63, 3.8) is 0 Å². The highest BCUT2D eigenvalue weighted by molar-refractivity contribution is 6.50. The van der Waals surface area contributed by atoms with Crippen LogP contribution >= 0.6 is 11.6 Å². The van der Waals surface area contributed by atoms with Gasteiger partial charge in [0.15, 0.2) is 5.71 Å². The van der Waals surface area contributed by atoms with Gasteiger partial charge in [0.1, 0.15) is 5.75 Å². The number of hydrogen-bond acceptors (Lipinski definition) is 4. The van der Waals surface area contributed by atoms with E-state index in [1.807, 2.05) is 0 Å². The summed E-state index contributed by atoms with van der Waals surface area (Å²) in [5, 5.41) is 13.0. The summed E-state index contributed by atoms with van der Waals surface area (Å²) in [6, 6.07) is 17.8. The molecule has 3 aromatic carbocycles. The van der Waals surface area contributed by atoms with E-state index in [-0.39, 0.29) is 23.7 Å². The van der Waals surface area contributed by atoms with Crippen LogP contribution in [-0.4, -0.2) is 30.5 Å². The fourth-order valence-electron chi connectivity index (χ4n) is 3.21. The van der Waals surface area contributed by atoms with Gasteiger partial charge in [-0.2, -0.15) is 13.2 Å². The Labute approximate surface area is 193 Å². The average molecular weight is 477 g/mol. The standard InChI is InChI=1S/C24H20ClF3N2O3/c1-33-19-11-12-20(25)21(15-19)30(23(31)22(29-32)17-5-3-2-4-6-17)14-13-16-7-9-18(10-8-16)24(26,27)28/h2-12,15,32H,13-14H2,1H3/b29-22-. The van der Waals surface area contributed by atoms with Gasteiger partial charge in [0.2, 0.25) is 0 Å². The maximum Gasteiger partial charge on any atom is 0.416 e. The van der Waals surface area contributed by atoms with Gasteiger partial charge in [-0.1, -0.05) is 59.2 Å². The maximum absolute atomic E-state index is 13.4. The Morgan fingerprint density at radius 3 is 2.30 bits per heavy atom. The average Bonchev–Trinajstić information content (AvgIpc) is 2.81. The highest BCUT2D eigenvalue weighted by atomic mass is 35.5. The van der Waals surface area contributed by atoms with Gasteiger partial charge in [-0.3, -0.25) is 4.79 Å². The zero-order chi connectivity index (χ0) is 24.0. The first kappa shape index (κ1) is 24.1. The second kappa shape index (κ2) is 10.4. The van der Waals surface area contributed by atoms with Crippen LogP contribution in [0.4, 0.5) is 18.9 Å². The van der Waals surface area contributed by atoms with Gasteiger partial charge in [0.05, 0.1) is 23.4 Å². The molecule has 0 spiro atoms. The summed E-state index contributed by atoms with van der Waals surface area (Å²) in [7, 11) is 1.46. The summed E-state index contributed by atoms with van der Waals surface area (Å²) >= 11 is 6.36. The Balaban J connectivity index is 1.95. The molecule has 0 aliphatic heterocycles. The highest BCUT2D eigenvalue weighted by Gasteiger charge is 2.30. The number of carbonyl (C=O) groups is 1. The van der Waals surface area contributed by atoms with Crippen molar-refractivity contribution in [2.45, 2.75) is 12.6 Å². The lowest BCUT2D eigenvalue weighted by Crippen LogP contribution is -2.39. The summed E-state index contributed by atoms with van der Waals surface area (Å²) in [5.74, 6) is -0.185. The molecular weight excluding hydrogens is 457 g/mol. The number of nitrogens with zero attached hydrogens (tertiary/aromatic N) is 2. The Morgan fingerprint density at radius 2 is 1.73 bits per heavy atom. The molecule has 0 bridgehead atoms. The second-order valence-corrected chi connectivity index (χ2v) is 7.44. The summed E-state index contributed by atoms with van der Waals surface area (Å²) in [6.07, 6.45) is -4.21. The largest absolute Gasteiger partial charge is 0.497 e. The Hall–Kier alpha value is -3.52. The van der Waals surface area contributed by atoms with Gasteiger partial charge in [0, 0.05) is 18.2 Å². The molecule has 9 heteroatoms. The van der Waals surface area contributed by atoms with Gasteiger partial charge in [-0.25, -0.2) is 0 Å². The second-order valence-electron chi connectivity index (χ2n) is 7.03. The van der Waals surface area contributed by atoms with E-state index in [1.54, 1.807) is 48.5 Å². The molecule has 172 valence electrons. The minimum atomic E-state index is -4.43. The molecule has 1 N–H and O–H groups in total. The van der Waals surface area contributed by atoms with Gasteiger partial charge >= 0.3 is 6.18 Å². The van der Waals surface area contributed by atoms with Crippen LogP contribution in [0.5, 0.6) is 5.75 Å². The third kappa shape index (κ3) is 5.84. The molecular formula is C24H20ClF3N2O3. The van der Waals surface area contributed by atoms with Gasteiger partial charge in [-0.05, 0) is 36.2 Å². The number of methoxy groups -OCH3 is 1. The number of benzene rings is 3. The Kier molecular flexibility index (Phi) is 7.60. The van der Waals surface area contributed by atoms with Crippen LogP contribution in [0.2, 0.25) is 5.02 Å². The fraction of sp³-hybridized carbons (Fsp3) is 0.167. The number of amides is 1. The van der Waals surface area contributed by atoms with E-state index >= 15 is 0 Å². The molecule has 0 saturated carbocycles. The number of rotatable bonds is 7. The number of anilines is 1. The third-order valence-corrected chi connectivity index (χ3v) is 5.26. The first-order chi connectivity index (χ1) is 15.7. The summed E-state index contributed by atoms with van der Waals surface area (Å²) in [4.78, 5) is 14.7. The van der Waals surface area contributed by atoms with E-state index in [2.05, 4.69) is 5.16 Å². The number of halogens is 4. The van der Waals surface area contributed by atoms with Crippen LogP contribution in [0, 0.1) is 0 Å². The molecule has 0 radical (unpaired) electrons. The number of alkyl halides is 3. The topological polar surface area (TPSA) is 62.1 Å². The lowest BCUT2D eigenvalue weighted by molar-refractivity contribution is -0.137. The van der Waals surface area contributed by atoms with E-state index < -0.39 is 17.6 Å². The predicted molar refractivity (Wildman–Crippen MR) is 120 cm³/mol. The zero-order valence-electron chi connectivity index (χ0n) is 17.5. The Bertz CT molecular complexity index is 1130. The lowest BCUT2D eigenvalue weighted by atomic mass is 10.1. The molecule has 33 heavy (non-hydrogen) atoms. The van der Waals surface area contributed by atoms with Crippen molar-refractivity contribution in [1.82, 2.24) is 0 Å². The predicted octanol–water partition coefficient (Wildman–Crippen LogP) is 5.82. The molecule has 0 unspecified atom stereocenters. The molecule has 0 heterocycles. The third-order valence-electron chi connectivity index (χ3n) is 4.94. The van der Waals surface area contributed by atoms with Crippen molar-refractivity contribution in [2.75, 3.05) is 18.6 Å². The van der Waals surface area contributed by atoms with Crippen LogP contribution in [0.25, 0.3) is 0 Å². The number of hydrogen-bond donors (Lipinski definition) is 1. The van der Waals surface area contributed by atoms with Crippen molar-refractivity contribution >= 4 is 28.9 Å². The molecule has 0 atom stereocenters. The number of oxime groups is 1. The fourth-order valence-corrected chi connectivity index (χ4v) is 3.43. The van der Waals surface area contributed by atoms with E-state index in [0.29, 0.717) is 22.6 Å². The molecule has 3 rings (SSSR count). The zero-order valence-corrected chi connectivity index (χ0v) is 18.3. The van der Waals surface area contributed by atoms with Gasteiger partial charge in [-0.15, -0.1) is 0 Å². The summed E-state index contributed by atoms with van der Waals surface area (Å²) in [5.41, 5.74) is 0.325. The van der Waals surface area contributed by atoms with Crippen LogP contribution in [-0.2, 0) is 17.4 Å². The van der Waals surface area contributed by atoms with Gasteiger partial charge < -0.3 is 14.8 Å². The minimum absolute atomic E-state index is 0.0585. The monoisotopic (exact) mass is 476 g/mol. The van der Waals surface area contributed by atoms with Crippen molar-refractivity contribution in [3.05, 3.63) is 94.5 Å². The normalized spacial score (nSPS) is 11.8. The summed E-state index contributed by atoms with van der Waals surface area (Å²) in [6.45, 7) is 0.0585. The molecule has 0 aliphatic carbocycles. The van der Waals surface area contributed by atoms with Crippen molar-refractivity contribution in [1.29, 1.82) is 0 Å². The molecule has 0 saturated heterocycles. The smallest absolute Gasteiger partial charge is 0.416 e. The van der Waals surface area contributed by atoms with Crippen LogP contribution < -0.4 is 9.64 Å². The van der Waals surface area contributed by atoms with E-state index in [9.17, 15) is 23.2 Å². The van der Waals surface area contributed by atoms with Crippen LogP contribution in [0.15, 0.2) is 78.0 Å². The quantitative estimate of drug-likeness (QED) is 0.265. The van der Waals surface area contributed by atoms with E-state index in [4.69, 9.17) is 16.3 Å². The van der Waals surface area contributed by atoms with E-state index in [1.165, 1.54) is 24.1 Å². The van der Waals surface area contributed by atoms with Crippen molar-refractivity contribution in [2.24, 2.45) is 5.16 Å². The number of ether oxygens (including phenoxy) is 1. The first-order valence-electron chi connectivity index (χ1n) is 9.83. The van der Waals surface area contributed by atoms with Crippen LogP contribution in [0.3, 0.4) is 0 Å². The minimum Gasteiger partial charge on any atom is -0.497 e. The van der Waals surface area contributed by atoms with Crippen molar-refractivity contribution < 1.29 is 27.9 Å². The highest BCUT2D eigenvalue weighted by Crippen LogP contribution is 2.32. The SMILES string of the molecule is COc1ccc(Cl)c(N(CCc2ccc(C(F)(F)F)cc2)C(=O)/C(=N\O)c2ccccc2)c1. The molecule has 1 amide bonds. The van der Waals surface area contributed by atoms with Crippen LogP contribution in [0.1, 0.15) is 16.7 Å². The Morgan fingerprint density at radius 1 is 1.06 bits per heavy atom. The maximum atomic E-state index is 13.4. The summed E-state index contributed by atoms with van der Waals surface area (Å²) < 4.78 is 43.8. The van der Waals surface area contributed by atoms with E-state index in [0.717, 1.165) is 12.1 Å². The number of carbonyl (C=O) groups excluding carboxylic acids is 1. The lowest BCUT2D eigenvalue weighted by Gasteiger charge is -2.25. The first-order valence-corrected chi connectivity index (χ1v) is 10.2. The molecule has 0 aliphatic rings. The van der Waals surface area contributed by atoms with Crippen molar-refractivity contribution in [3.8, 4) is 5.75 Å². The molecule has 0 fully saturated rings.